The van der Waals surface area contributed by atoms with Crippen molar-refractivity contribution in [1.82, 2.24) is 4.72 Å². The zero-order valence-corrected chi connectivity index (χ0v) is 12.8. The van der Waals surface area contributed by atoms with Gasteiger partial charge in [0.1, 0.15) is 0 Å². The lowest BCUT2D eigenvalue weighted by atomic mass is 9.87. The van der Waals surface area contributed by atoms with Gasteiger partial charge in [0.25, 0.3) is 0 Å². The minimum absolute atomic E-state index is 0.195. The molecular formula is C14H23N3O2S. The van der Waals surface area contributed by atoms with Crippen molar-refractivity contribution in [3.63, 3.8) is 0 Å². The second kappa shape index (κ2) is 6.01. The lowest BCUT2D eigenvalue weighted by Gasteiger charge is -2.28. The topological polar surface area (TPSA) is 84.2 Å². The van der Waals surface area contributed by atoms with E-state index in [9.17, 15) is 8.42 Å². The van der Waals surface area contributed by atoms with E-state index in [0.29, 0.717) is 11.7 Å². The normalized spacial score (nSPS) is 23.5. The third kappa shape index (κ3) is 3.43. The van der Waals surface area contributed by atoms with E-state index in [4.69, 9.17) is 5.73 Å². The zero-order valence-electron chi connectivity index (χ0n) is 12.0. The Bertz CT molecular complexity index is 572. The molecule has 112 valence electrons. The highest BCUT2D eigenvalue weighted by Gasteiger charge is 2.20. The predicted molar refractivity (Wildman–Crippen MR) is 82.1 cm³/mol. The number of nitrogens with one attached hydrogen (secondary N) is 2. The number of benzene rings is 1. The van der Waals surface area contributed by atoms with Gasteiger partial charge in [0, 0.05) is 6.04 Å². The van der Waals surface area contributed by atoms with Crippen LogP contribution in [-0.2, 0) is 10.0 Å². The third-order valence-corrected chi connectivity index (χ3v) is 5.31. The monoisotopic (exact) mass is 297 g/mol. The van der Waals surface area contributed by atoms with Gasteiger partial charge < -0.3 is 11.1 Å². The smallest absolute Gasteiger partial charge is 0.240 e. The molecule has 1 saturated carbocycles. The summed E-state index contributed by atoms with van der Waals surface area (Å²) in [5.41, 5.74) is 7.26. The molecule has 0 amide bonds. The molecule has 6 heteroatoms. The highest BCUT2D eigenvalue weighted by Crippen LogP contribution is 2.29. The van der Waals surface area contributed by atoms with Crippen molar-refractivity contribution in [3.05, 3.63) is 18.2 Å². The Balaban J connectivity index is 2.14. The molecule has 5 nitrogen and oxygen atoms in total. The maximum atomic E-state index is 11.7. The van der Waals surface area contributed by atoms with Crippen LogP contribution in [0.2, 0.25) is 0 Å². The molecule has 0 radical (unpaired) electrons. The molecule has 0 spiro atoms. The molecular weight excluding hydrogens is 274 g/mol. The number of anilines is 2. The van der Waals surface area contributed by atoms with Gasteiger partial charge in [0.15, 0.2) is 0 Å². The number of hydrogen-bond acceptors (Lipinski definition) is 4. The Labute approximate surface area is 121 Å². The van der Waals surface area contributed by atoms with Crippen molar-refractivity contribution < 1.29 is 8.42 Å². The molecule has 0 aliphatic heterocycles. The molecule has 0 heterocycles. The van der Waals surface area contributed by atoms with Crippen molar-refractivity contribution in [3.8, 4) is 0 Å². The molecule has 1 fully saturated rings. The van der Waals surface area contributed by atoms with Crippen LogP contribution in [0.3, 0.4) is 0 Å². The van der Waals surface area contributed by atoms with Gasteiger partial charge in [0.2, 0.25) is 10.0 Å². The van der Waals surface area contributed by atoms with Crippen molar-refractivity contribution in [2.75, 3.05) is 18.1 Å². The van der Waals surface area contributed by atoms with Crippen LogP contribution in [0.25, 0.3) is 0 Å². The van der Waals surface area contributed by atoms with E-state index in [1.54, 1.807) is 12.1 Å². The summed E-state index contributed by atoms with van der Waals surface area (Å²) in [5.74, 6) is 0.728. The summed E-state index contributed by atoms with van der Waals surface area (Å²) < 4.78 is 25.7. The molecule has 2 atom stereocenters. The Morgan fingerprint density at radius 2 is 2.05 bits per heavy atom. The molecule has 1 aromatic carbocycles. The number of hydrogen-bond donors (Lipinski definition) is 3. The summed E-state index contributed by atoms with van der Waals surface area (Å²) in [5, 5.41) is 3.44. The summed E-state index contributed by atoms with van der Waals surface area (Å²) in [7, 11) is -2.05. The van der Waals surface area contributed by atoms with Crippen LogP contribution in [0.15, 0.2) is 23.1 Å². The lowest BCUT2D eigenvalue weighted by Crippen LogP contribution is -2.26. The largest absolute Gasteiger partial charge is 0.397 e. The van der Waals surface area contributed by atoms with Gasteiger partial charge in [0.05, 0.1) is 16.3 Å². The molecule has 1 aromatic rings. The molecule has 0 saturated heterocycles. The second-order valence-electron chi connectivity index (χ2n) is 5.57. The van der Waals surface area contributed by atoms with Crippen LogP contribution in [-0.4, -0.2) is 21.5 Å². The number of sulfonamides is 1. The minimum atomic E-state index is -3.44. The minimum Gasteiger partial charge on any atom is -0.397 e. The van der Waals surface area contributed by atoms with Crippen LogP contribution < -0.4 is 15.8 Å². The van der Waals surface area contributed by atoms with Crippen molar-refractivity contribution in [2.45, 2.75) is 43.5 Å². The number of nitrogen functional groups attached to an aromatic ring is 1. The summed E-state index contributed by atoms with van der Waals surface area (Å²) in [6, 6.07) is 5.25. The fourth-order valence-electron chi connectivity index (χ4n) is 2.74. The molecule has 2 rings (SSSR count). The SMILES string of the molecule is CNS(=O)(=O)c1ccc(NC2CCCC(C)C2)c(N)c1. The van der Waals surface area contributed by atoms with Crippen LogP contribution in [0.5, 0.6) is 0 Å². The first-order valence-electron chi connectivity index (χ1n) is 7.02. The summed E-state index contributed by atoms with van der Waals surface area (Å²) in [6.45, 7) is 2.26. The van der Waals surface area contributed by atoms with E-state index in [1.165, 1.54) is 26.0 Å². The van der Waals surface area contributed by atoms with E-state index in [1.807, 2.05) is 0 Å². The number of rotatable bonds is 4. The van der Waals surface area contributed by atoms with Crippen molar-refractivity contribution >= 4 is 21.4 Å². The fraction of sp³-hybridized carbons (Fsp3) is 0.571. The van der Waals surface area contributed by atoms with Crippen molar-refractivity contribution in [1.29, 1.82) is 0 Å². The summed E-state index contributed by atoms with van der Waals surface area (Å²) in [6.07, 6.45) is 4.79. The molecule has 20 heavy (non-hydrogen) atoms. The van der Waals surface area contributed by atoms with Crippen LogP contribution in [0, 0.1) is 5.92 Å². The van der Waals surface area contributed by atoms with E-state index >= 15 is 0 Å². The van der Waals surface area contributed by atoms with E-state index in [-0.39, 0.29) is 4.90 Å². The van der Waals surface area contributed by atoms with Gasteiger partial charge in [-0.05, 0) is 44.0 Å². The Morgan fingerprint density at radius 3 is 2.65 bits per heavy atom. The second-order valence-corrected chi connectivity index (χ2v) is 7.46. The van der Waals surface area contributed by atoms with Gasteiger partial charge >= 0.3 is 0 Å². The van der Waals surface area contributed by atoms with Gasteiger partial charge in [-0.1, -0.05) is 19.8 Å². The van der Waals surface area contributed by atoms with Crippen LogP contribution in [0.4, 0.5) is 11.4 Å². The highest BCUT2D eigenvalue weighted by atomic mass is 32.2. The van der Waals surface area contributed by atoms with Gasteiger partial charge in [-0.25, -0.2) is 13.1 Å². The van der Waals surface area contributed by atoms with Crippen molar-refractivity contribution in [2.24, 2.45) is 5.92 Å². The van der Waals surface area contributed by atoms with Gasteiger partial charge in [-0.2, -0.15) is 0 Å². The van der Waals surface area contributed by atoms with Crippen LogP contribution >= 0.6 is 0 Å². The lowest BCUT2D eigenvalue weighted by molar-refractivity contribution is 0.359. The first kappa shape index (κ1) is 15.1. The van der Waals surface area contributed by atoms with E-state index < -0.39 is 10.0 Å². The molecule has 1 aliphatic carbocycles. The Morgan fingerprint density at radius 1 is 1.30 bits per heavy atom. The van der Waals surface area contributed by atoms with Crippen LogP contribution in [0.1, 0.15) is 32.6 Å². The molecule has 4 N–H and O–H groups in total. The first-order chi connectivity index (χ1) is 9.42. The van der Waals surface area contributed by atoms with E-state index in [2.05, 4.69) is 17.0 Å². The Kier molecular flexibility index (Phi) is 4.55. The van der Waals surface area contributed by atoms with Gasteiger partial charge in [-0.3, -0.25) is 0 Å². The Hall–Kier alpha value is -1.27. The standard InChI is InChI=1S/C14H23N3O2S/c1-10-4-3-5-11(8-10)17-14-7-6-12(9-13(14)15)20(18,19)16-2/h6-7,9-11,16-17H,3-5,8,15H2,1-2H3. The average molecular weight is 297 g/mol. The first-order valence-corrected chi connectivity index (χ1v) is 8.50. The van der Waals surface area contributed by atoms with Gasteiger partial charge in [-0.15, -0.1) is 0 Å². The molecule has 0 aromatic heterocycles. The maximum Gasteiger partial charge on any atom is 0.240 e. The predicted octanol–water partition coefficient (Wildman–Crippen LogP) is 2.17. The fourth-order valence-corrected chi connectivity index (χ4v) is 3.51. The molecule has 2 unspecified atom stereocenters. The molecule has 0 bridgehead atoms. The number of nitrogens with two attached hydrogens (primary N) is 1. The third-order valence-electron chi connectivity index (χ3n) is 3.90. The summed E-state index contributed by atoms with van der Waals surface area (Å²) >= 11 is 0. The highest BCUT2D eigenvalue weighted by molar-refractivity contribution is 7.89. The summed E-state index contributed by atoms with van der Waals surface area (Å²) in [4.78, 5) is 0.195. The quantitative estimate of drug-likeness (QED) is 0.744. The molecule has 1 aliphatic rings. The zero-order chi connectivity index (χ0) is 14.8. The maximum absolute atomic E-state index is 11.7. The van der Waals surface area contributed by atoms with E-state index in [0.717, 1.165) is 24.4 Å². The average Bonchev–Trinajstić information content (AvgIpc) is 2.41.